The second-order valence-electron chi connectivity index (χ2n) is 6.82. The van der Waals surface area contributed by atoms with Crippen molar-refractivity contribution in [2.24, 2.45) is 11.7 Å². The number of thiol groups is 1. The average Bonchev–Trinajstić information content (AvgIpc) is 2.62. The quantitative estimate of drug-likeness (QED) is 0.454. The number of piperidine rings is 1. The van der Waals surface area contributed by atoms with Crippen LogP contribution in [-0.2, 0) is 17.8 Å². The van der Waals surface area contributed by atoms with Gasteiger partial charge < -0.3 is 21.1 Å². The van der Waals surface area contributed by atoms with E-state index in [0.29, 0.717) is 25.2 Å². The fourth-order valence-electron chi connectivity index (χ4n) is 3.24. The number of rotatable bonds is 6. The Labute approximate surface area is 161 Å². The molecule has 1 unspecified atom stereocenters. The zero-order valence-electron chi connectivity index (χ0n) is 15.5. The van der Waals surface area contributed by atoms with Crippen molar-refractivity contribution in [1.82, 2.24) is 10.2 Å². The molecule has 1 amide bonds. The summed E-state index contributed by atoms with van der Waals surface area (Å²) in [7, 11) is 0. The van der Waals surface area contributed by atoms with Crippen molar-refractivity contribution in [2.45, 2.75) is 39.3 Å². The highest BCUT2D eigenvalue weighted by molar-refractivity contribution is 7.84. The van der Waals surface area contributed by atoms with Crippen LogP contribution >= 0.6 is 12.6 Å². The number of β-amino-alcohol motifs (C(OH)–C–C–N with tert-alkyl or cyclic N) is 1. The maximum absolute atomic E-state index is 12.5. The number of carbonyl (C=O) groups is 1. The van der Waals surface area contributed by atoms with Crippen molar-refractivity contribution in [3.8, 4) is 0 Å². The van der Waals surface area contributed by atoms with Crippen LogP contribution in [0.1, 0.15) is 31.4 Å². The van der Waals surface area contributed by atoms with Crippen LogP contribution in [0, 0.1) is 5.92 Å². The number of amides is 1. The fraction of sp³-hybridized carbons (Fsp3) is 0.450. The summed E-state index contributed by atoms with van der Waals surface area (Å²) in [4.78, 5) is 15.1. The lowest BCUT2D eigenvalue weighted by atomic mass is 9.86. The average molecular weight is 376 g/mol. The maximum atomic E-state index is 12.5. The van der Waals surface area contributed by atoms with Gasteiger partial charge in [0.2, 0.25) is 0 Å². The number of nitrogens with one attached hydrogen (secondary N) is 1. The van der Waals surface area contributed by atoms with Crippen LogP contribution in [0.4, 0.5) is 0 Å². The van der Waals surface area contributed by atoms with Crippen molar-refractivity contribution in [2.75, 3.05) is 13.1 Å². The number of hydrogen-bond donors (Lipinski definition) is 4. The van der Waals surface area contributed by atoms with Crippen LogP contribution in [0.15, 0.2) is 47.1 Å². The van der Waals surface area contributed by atoms with E-state index in [2.05, 4.69) is 24.0 Å². The Morgan fingerprint density at radius 3 is 2.65 bits per heavy atom. The number of allylic oxidation sites excluding steroid dienone is 1. The first-order valence-corrected chi connectivity index (χ1v) is 9.39. The van der Waals surface area contributed by atoms with E-state index < -0.39 is 6.10 Å². The van der Waals surface area contributed by atoms with Gasteiger partial charge in [-0.25, -0.2) is 0 Å². The van der Waals surface area contributed by atoms with Gasteiger partial charge in [-0.2, -0.15) is 0 Å². The SMILES string of the molecule is C/C(S)=C/N/C=C(\C)C(=O)N1CCC(Cc2ccccc2CN)[C@H](O)C1. The molecule has 2 atom stereocenters. The predicted octanol–water partition coefficient (Wildman–Crippen LogP) is 2.18. The highest BCUT2D eigenvalue weighted by Gasteiger charge is 2.30. The molecular formula is C20H29N3O2S. The van der Waals surface area contributed by atoms with E-state index in [1.807, 2.05) is 25.1 Å². The van der Waals surface area contributed by atoms with Gasteiger partial charge in [0.05, 0.1) is 6.10 Å². The predicted molar refractivity (Wildman–Crippen MR) is 108 cm³/mol. The first-order chi connectivity index (χ1) is 12.4. The number of nitrogens with zero attached hydrogens (tertiary/aromatic N) is 1. The minimum Gasteiger partial charge on any atom is -0.391 e. The normalized spacial score (nSPS) is 21.7. The van der Waals surface area contributed by atoms with Gasteiger partial charge in [0.25, 0.3) is 5.91 Å². The summed E-state index contributed by atoms with van der Waals surface area (Å²) in [6.45, 7) is 5.14. The van der Waals surface area contributed by atoms with Crippen LogP contribution in [0.25, 0.3) is 0 Å². The Kier molecular flexibility index (Phi) is 7.75. The van der Waals surface area contributed by atoms with E-state index in [1.165, 1.54) is 5.56 Å². The lowest BCUT2D eigenvalue weighted by molar-refractivity contribution is -0.131. The summed E-state index contributed by atoms with van der Waals surface area (Å²) in [6, 6.07) is 8.09. The third-order valence-electron chi connectivity index (χ3n) is 4.76. The second-order valence-corrected chi connectivity index (χ2v) is 7.53. The first-order valence-electron chi connectivity index (χ1n) is 8.95. The molecule has 1 aliphatic rings. The van der Waals surface area contributed by atoms with Gasteiger partial charge in [-0.15, -0.1) is 12.6 Å². The van der Waals surface area contributed by atoms with Crippen LogP contribution in [-0.4, -0.2) is 35.1 Å². The molecule has 1 heterocycles. The number of benzene rings is 1. The van der Waals surface area contributed by atoms with E-state index in [0.717, 1.165) is 23.3 Å². The number of hydrogen-bond acceptors (Lipinski definition) is 5. The van der Waals surface area contributed by atoms with Gasteiger partial charge in [0, 0.05) is 37.6 Å². The van der Waals surface area contributed by atoms with Crippen molar-refractivity contribution in [3.63, 3.8) is 0 Å². The summed E-state index contributed by atoms with van der Waals surface area (Å²) in [5.74, 6) is 0.0894. The summed E-state index contributed by atoms with van der Waals surface area (Å²) in [5, 5.41) is 13.5. The van der Waals surface area contributed by atoms with Gasteiger partial charge in [-0.3, -0.25) is 4.79 Å². The molecule has 0 bridgehead atoms. The molecule has 5 nitrogen and oxygen atoms in total. The number of nitrogens with two attached hydrogens (primary N) is 1. The van der Waals surface area contributed by atoms with Crippen LogP contribution < -0.4 is 11.1 Å². The zero-order valence-corrected chi connectivity index (χ0v) is 16.4. The van der Waals surface area contributed by atoms with E-state index in [1.54, 1.807) is 24.2 Å². The van der Waals surface area contributed by atoms with Crippen LogP contribution in [0.5, 0.6) is 0 Å². The molecule has 0 spiro atoms. The molecule has 1 aromatic carbocycles. The minimum absolute atomic E-state index is 0.0532. The zero-order chi connectivity index (χ0) is 19.1. The maximum Gasteiger partial charge on any atom is 0.251 e. The van der Waals surface area contributed by atoms with E-state index in [9.17, 15) is 9.90 Å². The highest BCUT2D eigenvalue weighted by Crippen LogP contribution is 2.24. The van der Waals surface area contributed by atoms with Crippen molar-refractivity contribution >= 4 is 18.5 Å². The summed E-state index contributed by atoms with van der Waals surface area (Å²) < 4.78 is 0. The van der Waals surface area contributed by atoms with Crippen molar-refractivity contribution < 1.29 is 9.90 Å². The molecule has 1 aromatic rings. The number of aliphatic hydroxyl groups excluding tert-OH is 1. The second kappa shape index (κ2) is 9.80. The van der Waals surface area contributed by atoms with Gasteiger partial charge >= 0.3 is 0 Å². The Balaban J connectivity index is 1.95. The van der Waals surface area contributed by atoms with Crippen molar-refractivity contribution in [1.29, 1.82) is 0 Å². The van der Waals surface area contributed by atoms with Gasteiger partial charge in [0.15, 0.2) is 0 Å². The highest BCUT2D eigenvalue weighted by atomic mass is 32.1. The Bertz CT molecular complexity index is 683. The smallest absolute Gasteiger partial charge is 0.251 e. The van der Waals surface area contributed by atoms with Gasteiger partial charge in [0.1, 0.15) is 0 Å². The molecule has 6 heteroatoms. The number of aliphatic hydroxyl groups is 1. The molecule has 0 aliphatic carbocycles. The molecule has 4 N–H and O–H groups in total. The molecule has 0 saturated carbocycles. The molecule has 2 rings (SSSR count). The third kappa shape index (κ3) is 5.62. The number of likely N-dealkylation sites (tertiary alicyclic amines) is 1. The standard InChI is InChI=1S/C20H29N3O2S/c1-14(11-22-12-15(2)26)20(25)23-8-7-17(19(24)13-23)9-16-5-3-4-6-18(16)10-21/h3-6,11-12,17,19,22,24,26H,7-10,13,21H2,1-2H3/b14-11+,15-12-/t17?,19-/m1/s1. The van der Waals surface area contributed by atoms with E-state index in [-0.39, 0.29) is 11.8 Å². The van der Waals surface area contributed by atoms with Gasteiger partial charge in [-0.05, 0) is 48.6 Å². The number of carbonyl (C=O) groups excluding carboxylic acids is 1. The molecule has 1 fully saturated rings. The van der Waals surface area contributed by atoms with Crippen LogP contribution in [0.2, 0.25) is 0 Å². The Morgan fingerprint density at radius 1 is 1.35 bits per heavy atom. The first kappa shape index (κ1) is 20.6. The Morgan fingerprint density at radius 2 is 2.04 bits per heavy atom. The fourth-order valence-corrected chi connectivity index (χ4v) is 3.31. The van der Waals surface area contributed by atoms with E-state index >= 15 is 0 Å². The minimum atomic E-state index is -0.529. The Hall–Kier alpha value is -1.76. The molecule has 142 valence electrons. The van der Waals surface area contributed by atoms with E-state index in [4.69, 9.17) is 5.73 Å². The molecule has 1 aliphatic heterocycles. The summed E-state index contributed by atoms with van der Waals surface area (Å²) in [5.41, 5.74) is 8.72. The topological polar surface area (TPSA) is 78.6 Å². The monoisotopic (exact) mass is 375 g/mol. The van der Waals surface area contributed by atoms with Gasteiger partial charge in [-0.1, -0.05) is 24.3 Å². The molecule has 26 heavy (non-hydrogen) atoms. The van der Waals surface area contributed by atoms with Crippen LogP contribution in [0.3, 0.4) is 0 Å². The largest absolute Gasteiger partial charge is 0.391 e. The summed E-state index contributed by atoms with van der Waals surface area (Å²) >= 11 is 4.16. The van der Waals surface area contributed by atoms with Crippen molar-refractivity contribution in [3.05, 3.63) is 58.3 Å². The molecular weight excluding hydrogens is 346 g/mol. The lowest BCUT2D eigenvalue weighted by Crippen LogP contribution is -2.47. The third-order valence-corrected chi connectivity index (χ3v) is 4.89. The molecule has 0 aromatic heterocycles. The molecule has 0 radical (unpaired) electrons. The summed E-state index contributed by atoms with van der Waals surface area (Å²) in [6.07, 6.45) is 4.42. The lowest BCUT2D eigenvalue weighted by Gasteiger charge is -2.36. The molecule has 1 saturated heterocycles.